The molecule has 128 valence electrons. The standard InChI is InChI=1S/C19H18N2O3S/c1-4-21-14-8-15-16(24-10-23-15)9-17(14)25-19(21)20-18(22)13-6-5-11(2)7-12(13)3/h5-9H,4,10H2,1-3H3. The Morgan fingerprint density at radius 1 is 1.20 bits per heavy atom. The lowest BCUT2D eigenvalue weighted by molar-refractivity contribution is 0.0997. The van der Waals surface area contributed by atoms with E-state index in [1.165, 1.54) is 11.3 Å². The number of benzene rings is 2. The summed E-state index contributed by atoms with van der Waals surface area (Å²) in [5, 5.41) is 0. The SMILES string of the molecule is CCn1c(=NC(=O)c2ccc(C)cc2C)sc2cc3c(cc21)OCO3. The number of ether oxygens (including phenoxy) is 2. The van der Waals surface area contributed by atoms with Gasteiger partial charge in [0.15, 0.2) is 16.3 Å². The van der Waals surface area contributed by atoms with E-state index in [1.807, 2.05) is 55.7 Å². The Balaban J connectivity index is 1.85. The molecule has 0 fully saturated rings. The Labute approximate surface area is 149 Å². The van der Waals surface area contributed by atoms with Crippen LogP contribution in [0.15, 0.2) is 35.3 Å². The highest BCUT2D eigenvalue weighted by molar-refractivity contribution is 7.16. The normalized spacial score (nSPS) is 13.6. The number of thiazole rings is 1. The molecule has 3 aromatic rings. The molecule has 0 saturated heterocycles. The lowest BCUT2D eigenvalue weighted by atomic mass is 10.1. The van der Waals surface area contributed by atoms with E-state index < -0.39 is 0 Å². The molecule has 25 heavy (non-hydrogen) atoms. The molecule has 0 atom stereocenters. The van der Waals surface area contributed by atoms with Crippen molar-refractivity contribution in [2.45, 2.75) is 27.3 Å². The van der Waals surface area contributed by atoms with Gasteiger partial charge in [-0.1, -0.05) is 29.0 Å². The Morgan fingerprint density at radius 2 is 1.96 bits per heavy atom. The van der Waals surface area contributed by atoms with Crippen LogP contribution in [0.3, 0.4) is 0 Å². The van der Waals surface area contributed by atoms with Crippen LogP contribution in [0.1, 0.15) is 28.4 Å². The summed E-state index contributed by atoms with van der Waals surface area (Å²) in [6.45, 7) is 6.96. The molecule has 2 heterocycles. The lowest BCUT2D eigenvalue weighted by Crippen LogP contribution is -2.16. The van der Waals surface area contributed by atoms with Crippen LogP contribution < -0.4 is 14.3 Å². The maximum atomic E-state index is 12.7. The fourth-order valence-electron chi connectivity index (χ4n) is 3.05. The second-order valence-corrected chi connectivity index (χ2v) is 7.05. The topological polar surface area (TPSA) is 52.8 Å². The first-order chi connectivity index (χ1) is 12.1. The number of aromatic nitrogens is 1. The highest BCUT2D eigenvalue weighted by Gasteiger charge is 2.17. The highest BCUT2D eigenvalue weighted by atomic mass is 32.1. The molecule has 2 aromatic carbocycles. The van der Waals surface area contributed by atoms with E-state index in [4.69, 9.17) is 9.47 Å². The van der Waals surface area contributed by atoms with Gasteiger partial charge >= 0.3 is 0 Å². The molecule has 0 spiro atoms. The largest absolute Gasteiger partial charge is 0.454 e. The second kappa shape index (κ2) is 6.04. The first kappa shape index (κ1) is 15.9. The van der Waals surface area contributed by atoms with Gasteiger partial charge in [-0.3, -0.25) is 4.79 Å². The number of hydrogen-bond donors (Lipinski definition) is 0. The van der Waals surface area contributed by atoms with Gasteiger partial charge in [0.25, 0.3) is 5.91 Å². The van der Waals surface area contributed by atoms with Crippen molar-refractivity contribution < 1.29 is 14.3 Å². The smallest absolute Gasteiger partial charge is 0.279 e. The molecule has 1 aromatic heterocycles. The first-order valence-corrected chi connectivity index (χ1v) is 8.97. The van der Waals surface area contributed by atoms with Gasteiger partial charge in [0.2, 0.25) is 6.79 Å². The number of fused-ring (bicyclic) bond motifs is 2. The number of rotatable bonds is 2. The van der Waals surface area contributed by atoms with Crippen LogP contribution in [0.25, 0.3) is 10.2 Å². The highest BCUT2D eigenvalue weighted by Crippen LogP contribution is 2.36. The van der Waals surface area contributed by atoms with Gasteiger partial charge in [0, 0.05) is 24.2 Å². The quantitative estimate of drug-likeness (QED) is 0.703. The van der Waals surface area contributed by atoms with E-state index in [9.17, 15) is 4.79 Å². The van der Waals surface area contributed by atoms with Crippen molar-refractivity contribution in [2.24, 2.45) is 4.99 Å². The summed E-state index contributed by atoms with van der Waals surface area (Å²) in [5.41, 5.74) is 3.72. The van der Waals surface area contributed by atoms with Crippen molar-refractivity contribution in [2.75, 3.05) is 6.79 Å². The molecule has 0 bridgehead atoms. The summed E-state index contributed by atoms with van der Waals surface area (Å²) < 4.78 is 14.0. The van der Waals surface area contributed by atoms with Crippen molar-refractivity contribution in [1.82, 2.24) is 4.57 Å². The molecule has 0 saturated carbocycles. The molecule has 0 aliphatic carbocycles. The Hall–Kier alpha value is -2.60. The van der Waals surface area contributed by atoms with Gasteiger partial charge in [-0.2, -0.15) is 4.99 Å². The maximum absolute atomic E-state index is 12.7. The summed E-state index contributed by atoms with van der Waals surface area (Å²) >= 11 is 1.49. The number of nitrogens with zero attached hydrogens (tertiary/aromatic N) is 2. The molecule has 4 rings (SSSR count). The van der Waals surface area contributed by atoms with E-state index in [2.05, 4.69) is 4.99 Å². The molecule has 5 nitrogen and oxygen atoms in total. The van der Waals surface area contributed by atoms with Crippen LogP contribution in [-0.2, 0) is 6.54 Å². The minimum absolute atomic E-state index is 0.216. The maximum Gasteiger partial charge on any atom is 0.279 e. The summed E-state index contributed by atoms with van der Waals surface area (Å²) in [7, 11) is 0. The number of carbonyl (C=O) groups excluding carboxylic acids is 1. The first-order valence-electron chi connectivity index (χ1n) is 8.16. The van der Waals surface area contributed by atoms with Crippen molar-refractivity contribution in [3.63, 3.8) is 0 Å². The fraction of sp³-hybridized carbons (Fsp3) is 0.263. The van der Waals surface area contributed by atoms with Crippen molar-refractivity contribution >= 4 is 27.5 Å². The molecule has 1 aliphatic heterocycles. The molecular formula is C19H18N2O3S. The summed E-state index contributed by atoms with van der Waals surface area (Å²) in [4.78, 5) is 17.7. The van der Waals surface area contributed by atoms with E-state index in [0.717, 1.165) is 39.4 Å². The van der Waals surface area contributed by atoms with Gasteiger partial charge in [-0.25, -0.2) is 0 Å². The lowest BCUT2D eigenvalue weighted by Gasteiger charge is -2.03. The van der Waals surface area contributed by atoms with Crippen molar-refractivity contribution in [3.8, 4) is 11.5 Å². The Bertz CT molecular complexity index is 1060. The predicted molar refractivity (Wildman–Crippen MR) is 97.4 cm³/mol. The van der Waals surface area contributed by atoms with E-state index in [1.54, 1.807) is 0 Å². The molecule has 0 N–H and O–H groups in total. The van der Waals surface area contributed by atoms with Crippen LogP contribution in [-0.4, -0.2) is 17.3 Å². The molecular weight excluding hydrogens is 336 g/mol. The summed E-state index contributed by atoms with van der Waals surface area (Å²) in [6.07, 6.45) is 0. The van der Waals surface area contributed by atoms with Gasteiger partial charge in [-0.15, -0.1) is 0 Å². The van der Waals surface area contributed by atoms with Gasteiger partial charge < -0.3 is 14.0 Å². The molecule has 0 radical (unpaired) electrons. The monoisotopic (exact) mass is 354 g/mol. The number of aryl methyl sites for hydroxylation is 3. The van der Waals surface area contributed by atoms with Gasteiger partial charge in [-0.05, 0) is 32.4 Å². The number of hydrogen-bond acceptors (Lipinski definition) is 4. The number of carbonyl (C=O) groups is 1. The van der Waals surface area contributed by atoms with Crippen molar-refractivity contribution in [1.29, 1.82) is 0 Å². The molecule has 1 amide bonds. The van der Waals surface area contributed by atoms with Crippen LogP contribution in [0, 0.1) is 13.8 Å². The third-order valence-electron chi connectivity index (χ3n) is 4.30. The molecule has 0 unspecified atom stereocenters. The van der Waals surface area contributed by atoms with Crippen LogP contribution in [0.5, 0.6) is 11.5 Å². The minimum Gasteiger partial charge on any atom is -0.454 e. The van der Waals surface area contributed by atoms with E-state index in [-0.39, 0.29) is 12.7 Å². The minimum atomic E-state index is -0.216. The van der Waals surface area contributed by atoms with Crippen LogP contribution >= 0.6 is 11.3 Å². The Morgan fingerprint density at radius 3 is 2.68 bits per heavy atom. The van der Waals surface area contributed by atoms with E-state index in [0.29, 0.717) is 10.4 Å². The van der Waals surface area contributed by atoms with Crippen LogP contribution in [0.2, 0.25) is 0 Å². The zero-order valence-corrected chi connectivity index (χ0v) is 15.1. The summed E-state index contributed by atoms with van der Waals surface area (Å²) in [6, 6.07) is 9.69. The molecule has 1 aliphatic rings. The predicted octanol–water partition coefficient (Wildman–Crippen LogP) is 3.81. The van der Waals surface area contributed by atoms with Gasteiger partial charge in [0.05, 0.1) is 10.2 Å². The zero-order chi connectivity index (χ0) is 17.6. The third kappa shape index (κ3) is 2.72. The average molecular weight is 354 g/mol. The van der Waals surface area contributed by atoms with Crippen LogP contribution in [0.4, 0.5) is 0 Å². The van der Waals surface area contributed by atoms with Crippen molar-refractivity contribution in [3.05, 3.63) is 51.8 Å². The fourth-order valence-corrected chi connectivity index (χ4v) is 4.15. The Kier molecular flexibility index (Phi) is 3.84. The third-order valence-corrected chi connectivity index (χ3v) is 5.34. The van der Waals surface area contributed by atoms with Gasteiger partial charge in [0.1, 0.15) is 0 Å². The molecule has 6 heteroatoms. The average Bonchev–Trinajstić information content (AvgIpc) is 3.15. The number of amides is 1. The van der Waals surface area contributed by atoms with E-state index >= 15 is 0 Å². The zero-order valence-electron chi connectivity index (χ0n) is 14.3. The second-order valence-electron chi connectivity index (χ2n) is 6.04. The summed E-state index contributed by atoms with van der Waals surface area (Å²) in [5.74, 6) is 1.26.